The summed E-state index contributed by atoms with van der Waals surface area (Å²) in [7, 11) is 2.04. The van der Waals surface area contributed by atoms with Crippen molar-refractivity contribution >= 4 is 6.41 Å². The van der Waals surface area contributed by atoms with Crippen molar-refractivity contribution in [2.45, 2.75) is 6.04 Å². The van der Waals surface area contributed by atoms with E-state index in [4.69, 9.17) is 4.42 Å². The van der Waals surface area contributed by atoms with Gasteiger partial charge in [-0.25, -0.2) is 4.98 Å². The van der Waals surface area contributed by atoms with Crippen molar-refractivity contribution in [3.05, 3.63) is 36.5 Å². The summed E-state index contributed by atoms with van der Waals surface area (Å²) in [5, 5.41) is 0. The number of carbonyl (C=O) groups excluding carboxylic acids is 1. The van der Waals surface area contributed by atoms with Crippen molar-refractivity contribution < 1.29 is 9.21 Å². The number of amides is 1. The highest BCUT2D eigenvalue weighted by atomic mass is 16.3. The second-order valence-electron chi connectivity index (χ2n) is 4.93. The molecule has 0 aromatic carbocycles. The molecule has 0 aliphatic carbocycles. The van der Waals surface area contributed by atoms with E-state index in [1.54, 1.807) is 23.6 Å². The van der Waals surface area contributed by atoms with E-state index in [9.17, 15) is 4.79 Å². The van der Waals surface area contributed by atoms with Crippen LogP contribution in [0.25, 0.3) is 11.5 Å². The Balaban J connectivity index is 1.87. The summed E-state index contributed by atoms with van der Waals surface area (Å²) in [6, 6.07) is 3.64. The molecule has 104 valence electrons. The molecule has 1 aliphatic heterocycles. The third kappa shape index (κ3) is 2.42. The number of carbonyl (C=O) groups is 1. The van der Waals surface area contributed by atoms with Crippen LogP contribution in [0, 0.1) is 0 Å². The first-order valence-corrected chi connectivity index (χ1v) is 6.53. The van der Waals surface area contributed by atoms with Gasteiger partial charge in [-0.05, 0) is 19.2 Å². The van der Waals surface area contributed by atoms with E-state index in [-0.39, 0.29) is 6.04 Å². The average Bonchev–Trinajstić information content (AvgIpc) is 2.98. The summed E-state index contributed by atoms with van der Waals surface area (Å²) in [5.74, 6) is 0.557. The van der Waals surface area contributed by atoms with E-state index in [2.05, 4.69) is 14.9 Å². The maximum Gasteiger partial charge on any atom is 0.226 e. The summed E-state index contributed by atoms with van der Waals surface area (Å²) in [6.45, 7) is 2.35. The van der Waals surface area contributed by atoms with Gasteiger partial charge in [0.1, 0.15) is 12.0 Å². The highest BCUT2D eigenvalue weighted by molar-refractivity contribution is 5.52. The second kappa shape index (κ2) is 5.42. The van der Waals surface area contributed by atoms with Gasteiger partial charge in [-0.3, -0.25) is 9.78 Å². The Morgan fingerprint density at radius 1 is 1.35 bits per heavy atom. The normalized spacial score (nSPS) is 20.1. The van der Waals surface area contributed by atoms with Gasteiger partial charge in [-0.2, -0.15) is 0 Å². The fraction of sp³-hybridized carbons (Fsp3) is 0.357. The molecule has 2 aromatic rings. The molecule has 0 radical (unpaired) electrons. The fourth-order valence-corrected chi connectivity index (χ4v) is 2.39. The Labute approximate surface area is 117 Å². The highest BCUT2D eigenvalue weighted by Crippen LogP contribution is 2.26. The minimum absolute atomic E-state index is 0.0504. The van der Waals surface area contributed by atoms with E-state index in [0.29, 0.717) is 12.4 Å². The highest BCUT2D eigenvalue weighted by Gasteiger charge is 2.28. The minimum atomic E-state index is -0.0504. The van der Waals surface area contributed by atoms with Crippen molar-refractivity contribution in [3.63, 3.8) is 0 Å². The van der Waals surface area contributed by atoms with Crippen LogP contribution < -0.4 is 0 Å². The van der Waals surface area contributed by atoms with Gasteiger partial charge in [0.05, 0.1) is 6.04 Å². The number of aromatic nitrogens is 2. The molecule has 0 bridgehead atoms. The Morgan fingerprint density at radius 2 is 2.15 bits per heavy atom. The predicted molar refractivity (Wildman–Crippen MR) is 72.7 cm³/mol. The summed E-state index contributed by atoms with van der Waals surface area (Å²) in [4.78, 5) is 23.6. The lowest BCUT2D eigenvalue weighted by Crippen LogP contribution is -2.46. The molecule has 6 heteroatoms. The molecule has 0 saturated carbocycles. The van der Waals surface area contributed by atoms with Crippen molar-refractivity contribution in [2.24, 2.45) is 0 Å². The van der Waals surface area contributed by atoms with Gasteiger partial charge < -0.3 is 14.2 Å². The van der Waals surface area contributed by atoms with Crippen LogP contribution in [0.15, 0.2) is 35.2 Å². The van der Waals surface area contributed by atoms with Crippen LogP contribution in [0.1, 0.15) is 11.7 Å². The smallest absolute Gasteiger partial charge is 0.226 e. The molecule has 1 unspecified atom stereocenters. The van der Waals surface area contributed by atoms with Gasteiger partial charge in [0, 0.05) is 37.6 Å². The Morgan fingerprint density at radius 3 is 2.90 bits per heavy atom. The molecule has 0 N–H and O–H groups in total. The van der Waals surface area contributed by atoms with Crippen LogP contribution in [0.3, 0.4) is 0 Å². The zero-order valence-corrected chi connectivity index (χ0v) is 11.3. The van der Waals surface area contributed by atoms with Crippen molar-refractivity contribution in [2.75, 3.05) is 26.7 Å². The van der Waals surface area contributed by atoms with E-state index < -0.39 is 0 Å². The maximum absolute atomic E-state index is 11.2. The van der Waals surface area contributed by atoms with Crippen molar-refractivity contribution in [3.8, 4) is 11.5 Å². The van der Waals surface area contributed by atoms with E-state index >= 15 is 0 Å². The Hall–Kier alpha value is -2.21. The number of oxazole rings is 1. The van der Waals surface area contributed by atoms with Crippen LogP contribution in [0.4, 0.5) is 0 Å². The van der Waals surface area contributed by atoms with Gasteiger partial charge in [-0.15, -0.1) is 0 Å². The predicted octanol–water partition coefficient (Wildman–Crippen LogP) is 1.18. The van der Waals surface area contributed by atoms with Gasteiger partial charge in [0.25, 0.3) is 0 Å². The molecule has 1 aliphatic rings. The number of hydrogen-bond donors (Lipinski definition) is 0. The number of piperazine rings is 1. The standard InChI is InChI=1S/C14H16N4O2/c1-17-6-7-18(10-19)13(8-17)12-9-20-14(16-12)11-2-4-15-5-3-11/h2-5,9-10,13H,6-8H2,1H3. The zero-order chi connectivity index (χ0) is 13.9. The summed E-state index contributed by atoms with van der Waals surface area (Å²) in [6.07, 6.45) is 5.92. The number of likely N-dealkylation sites (N-methyl/N-ethyl adjacent to an activating group) is 1. The molecule has 20 heavy (non-hydrogen) atoms. The number of rotatable bonds is 3. The molecule has 2 aromatic heterocycles. The molecule has 6 nitrogen and oxygen atoms in total. The topological polar surface area (TPSA) is 62.5 Å². The quantitative estimate of drug-likeness (QED) is 0.785. The molecular weight excluding hydrogens is 256 g/mol. The molecule has 1 saturated heterocycles. The zero-order valence-electron chi connectivity index (χ0n) is 11.3. The van der Waals surface area contributed by atoms with E-state index in [1.165, 1.54) is 0 Å². The Bertz CT molecular complexity index is 584. The Kier molecular flexibility index (Phi) is 3.47. The van der Waals surface area contributed by atoms with Crippen molar-refractivity contribution in [1.29, 1.82) is 0 Å². The minimum Gasteiger partial charge on any atom is -0.444 e. The molecule has 1 amide bonds. The molecular formula is C14H16N4O2. The fourth-order valence-electron chi connectivity index (χ4n) is 2.39. The van der Waals surface area contributed by atoms with Gasteiger partial charge in [0.2, 0.25) is 12.3 Å². The van der Waals surface area contributed by atoms with Gasteiger partial charge in [0.15, 0.2) is 0 Å². The monoisotopic (exact) mass is 272 g/mol. The number of nitrogens with zero attached hydrogens (tertiary/aromatic N) is 4. The third-order valence-corrected chi connectivity index (χ3v) is 3.55. The van der Waals surface area contributed by atoms with Gasteiger partial charge in [-0.1, -0.05) is 0 Å². The second-order valence-corrected chi connectivity index (χ2v) is 4.93. The first kappa shape index (κ1) is 12.8. The van der Waals surface area contributed by atoms with Crippen LogP contribution >= 0.6 is 0 Å². The largest absolute Gasteiger partial charge is 0.444 e. The van der Waals surface area contributed by atoms with Crippen LogP contribution in [0.2, 0.25) is 0 Å². The van der Waals surface area contributed by atoms with Crippen LogP contribution in [-0.2, 0) is 4.79 Å². The molecule has 1 atom stereocenters. The van der Waals surface area contributed by atoms with Crippen LogP contribution in [-0.4, -0.2) is 52.9 Å². The molecule has 1 fully saturated rings. The average molecular weight is 272 g/mol. The number of hydrogen-bond acceptors (Lipinski definition) is 5. The van der Waals surface area contributed by atoms with Crippen LogP contribution in [0.5, 0.6) is 0 Å². The SMILES string of the molecule is CN1CCN(C=O)C(c2coc(-c3ccncc3)n2)C1. The maximum atomic E-state index is 11.2. The van der Waals surface area contributed by atoms with E-state index in [1.807, 2.05) is 19.2 Å². The van der Waals surface area contributed by atoms with Gasteiger partial charge >= 0.3 is 0 Å². The molecule has 3 heterocycles. The summed E-state index contributed by atoms with van der Waals surface area (Å²) >= 11 is 0. The summed E-state index contributed by atoms with van der Waals surface area (Å²) < 4.78 is 5.53. The third-order valence-electron chi connectivity index (χ3n) is 3.55. The summed E-state index contributed by atoms with van der Waals surface area (Å²) in [5.41, 5.74) is 1.67. The lowest BCUT2D eigenvalue weighted by atomic mass is 10.1. The molecule has 3 rings (SSSR count). The first-order valence-electron chi connectivity index (χ1n) is 6.53. The number of pyridine rings is 1. The van der Waals surface area contributed by atoms with E-state index in [0.717, 1.165) is 30.8 Å². The lowest BCUT2D eigenvalue weighted by molar-refractivity contribution is -0.122. The molecule has 0 spiro atoms. The first-order chi connectivity index (χ1) is 9.78. The lowest BCUT2D eigenvalue weighted by Gasteiger charge is -2.36. The van der Waals surface area contributed by atoms with Crippen molar-refractivity contribution in [1.82, 2.24) is 19.8 Å².